The Morgan fingerprint density at radius 2 is 2.40 bits per heavy atom. The Labute approximate surface area is 93.6 Å². The molecular weight excluding hydrogens is 204 g/mol. The fraction of sp³-hybridized carbons (Fsp3) is 0.417. The molecule has 15 heavy (non-hydrogen) atoms. The van der Waals surface area contributed by atoms with Gasteiger partial charge in [0.25, 0.3) is 0 Å². The maximum Gasteiger partial charge on any atom is 0.104 e. The van der Waals surface area contributed by atoms with Crippen LogP contribution in [0, 0.1) is 5.92 Å². The van der Waals surface area contributed by atoms with Gasteiger partial charge >= 0.3 is 0 Å². The van der Waals surface area contributed by atoms with Crippen LogP contribution in [0.3, 0.4) is 0 Å². The molecule has 0 spiro atoms. The highest BCUT2D eigenvalue weighted by Crippen LogP contribution is 2.31. The zero-order valence-corrected chi connectivity index (χ0v) is 9.63. The molecule has 1 aromatic heterocycles. The number of hydrogen-bond acceptors (Lipinski definition) is 3. The van der Waals surface area contributed by atoms with Gasteiger partial charge in [-0.25, -0.2) is 4.98 Å². The van der Waals surface area contributed by atoms with Crippen molar-refractivity contribution in [2.75, 3.05) is 18.0 Å². The summed E-state index contributed by atoms with van der Waals surface area (Å²) in [5.41, 5.74) is 4.43. The van der Waals surface area contributed by atoms with Crippen molar-refractivity contribution in [1.82, 2.24) is 4.98 Å². The first-order valence-corrected chi connectivity index (χ1v) is 6.30. The average Bonchev–Trinajstić information content (AvgIpc) is 2.84. The van der Waals surface area contributed by atoms with Gasteiger partial charge in [0.1, 0.15) is 5.52 Å². The summed E-state index contributed by atoms with van der Waals surface area (Å²) in [6.07, 6.45) is 1.31. The summed E-state index contributed by atoms with van der Waals surface area (Å²) in [7, 11) is 0. The van der Waals surface area contributed by atoms with E-state index in [4.69, 9.17) is 0 Å². The standard InChI is InChI=1S/C12H14N2S/c1-9-5-6-14(7-9)10-3-2-4-11-12(10)13-8-15-11/h2-4,8-9H,5-7H2,1H3/t9-/m1/s1. The normalized spacial score (nSPS) is 21.4. The van der Waals surface area contributed by atoms with Gasteiger partial charge in [0.15, 0.2) is 0 Å². The first-order chi connectivity index (χ1) is 7.34. The van der Waals surface area contributed by atoms with Crippen LogP contribution < -0.4 is 4.90 Å². The summed E-state index contributed by atoms with van der Waals surface area (Å²) in [5.74, 6) is 0.818. The molecule has 0 N–H and O–H groups in total. The van der Waals surface area contributed by atoms with E-state index >= 15 is 0 Å². The minimum atomic E-state index is 0.818. The first kappa shape index (κ1) is 9.16. The molecule has 3 rings (SSSR count). The van der Waals surface area contributed by atoms with Crippen molar-refractivity contribution in [1.29, 1.82) is 0 Å². The van der Waals surface area contributed by atoms with Gasteiger partial charge < -0.3 is 4.90 Å². The van der Waals surface area contributed by atoms with Gasteiger partial charge in [-0.15, -0.1) is 11.3 Å². The lowest BCUT2D eigenvalue weighted by atomic mass is 10.2. The van der Waals surface area contributed by atoms with Crippen LogP contribution in [-0.2, 0) is 0 Å². The molecule has 0 unspecified atom stereocenters. The molecule has 1 fully saturated rings. The van der Waals surface area contributed by atoms with E-state index in [2.05, 4.69) is 35.0 Å². The van der Waals surface area contributed by atoms with E-state index in [-0.39, 0.29) is 0 Å². The molecule has 1 aliphatic rings. The number of fused-ring (bicyclic) bond motifs is 1. The smallest absolute Gasteiger partial charge is 0.104 e. The van der Waals surface area contributed by atoms with Crippen molar-refractivity contribution in [2.45, 2.75) is 13.3 Å². The van der Waals surface area contributed by atoms with Gasteiger partial charge in [0.05, 0.1) is 15.9 Å². The summed E-state index contributed by atoms with van der Waals surface area (Å²) < 4.78 is 1.30. The largest absolute Gasteiger partial charge is 0.369 e. The van der Waals surface area contributed by atoms with E-state index in [1.165, 1.54) is 35.4 Å². The van der Waals surface area contributed by atoms with Crippen molar-refractivity contribution in [3.05, 3.63) is 23.7 Å². The lowest BCUT2D eigenvalue weighted by Crippen LogP contribution is -2.19. The Morgan fingerprint density at radius 3 is 3.20 bits per heavy atom. The molecule has 0 bridgehead atoms. The van der Waals surface area contributed by atoms with Gasteiger partial charge in [-0.1, -0.05) is 13.0 Å². The number of hydrogen-bond donors (Lipinski definition) is 0. The Balaban J connectivity index is 2.06. The number of thiazole rings is 1. The maximum absolute atomic E-state index is 4.47. The van der Waals surface area contributed by atoms with Crippen LogP contribution in [0.1, 0.15) is 13.3 Å². The Bertz CT molecular complexity index is 477. The Morgan fingerprint density at radius 1 is 1.47 bits per heavy atom. The highest BCUT2D eigenvalue weighted by Gasteiger charge is 2.20. The highest BCUT2D eigenvalue weighted by atomic mass is 32.1. The number of aromatic nitrogens is 1. The molecule has 2 nitrogen and oxygen atoms in total. The minimum absolute atomic E-state index is 0.818. The Kier molecular flexibility index (Phi) is 2.13. The van der Waals surface area contributed by atoms with E-state index < -0.39 is 0 Å². The second-order valence-electron chi connectivity index (χ2n) is 4.32. The summed E-state index contributed by atoms with van der Waals surface area (Å²) in [6.45, 7) is 4.68. The quantitative estimate of drug-likeness (QED) is 0.731. The third kappa shape index (κ3) is 1.51. The zero-order chi connectivity index (χ0) is 10.3. The molecule has 1 aromatic carbocycles. The fourth-order valence-corrected chi connectivity index (χ4v) is 2.98. The summed E-state index contributed by atoms with van der Waals surface area (Å²) in [6, 6.07) is 6.48. The van der Waals surface area contributed by atoms with Gasteiger partial charge in [-0.3, -0.25) is 0 Å². The monoisotopic (exact) mass is 218 g/mol. The van der Waals surface area contributed by atoms with E-state index in [1.807, 2.05) is 5.51 Å². The third-order valence-electron chi connectivity index (χ3n) is 3.10. The lowest BCUT2D eigenvalue weighted by Gasteiger charge is -2.18. The lowest BCUT2D eigenvalue weighted by molar-refractivity contribution is 0.659. The molecule has 78 valence electrons. The number of nitrogens with zero attached hydrogens (tertiary/aromatic N) is 2. The molecule has 1 aliphatic heterocycles. The molecule has 3 heteroatoms. The van der Waals surface area contributed by atoms with E-state index in [0.717, 1.165) is 5.92 Å². The van der Waals surface area contributed by atoms with E-state index in [9.17, 15) is 0 Å². The summed E-state index contributed by atoms with van der Waals surface area (Å²) in [5, 5.41) is 0. The number of benzene rings is 1. The molecule has 2 aromatic rings. The van der Waals surface area contributed by atoms with Crippen molar-refractivity contribution < 1.29 is 0 Å². The van der Waals surface area contributed by atoms with Crippen molar-refractivity contribution >= 4 is 27.2 Å². The molecule has 0 saturated carbocycles. The van der Waals surface area contributed by atoms with Gasteiger partial charge in [-0.2, -0.15) is 0 Å². The van der Waals surface area contributed by atoms with Crippen LogP contribution in [0.5, 0.6) is 0 Å². The molecular formula is C12H14N2S. The van der Waals surface area contributed by atoms with Crippen molar-refractivity contribution in [3.8, 4) is 0 Å². The van der Waals surface area contributed by atoms with Crippen LogP contribution in [0.4, 0.5) is 5.69 Å². The van der Waals surface area contributed by atoms with Crippen LogP contribution in [0.2, 0.25) is 0 Å². The van der Waals surface area contributed by atoms with Crippen molar-refractivity contribution in [3.63, 3.8) is 0 Å². The second-order valence-corrected chi connectivity index (χ2v) is 5.20. The van der Waals surface area contributed by atoms with Crippen molar-refractivity contribution in [2.24, 2.45) is 5.92 Å². The number of anilines is 1. The SMILES string of the molecule is C[C@@H]1CCN(c2cccc3scnc23)C1. The van der Waals surface area contributed by atoms with Crippen LogP contribution >= 0.6 is 11.3 Å². The summed E-state index contributed by atoms with van der Waals surface area (Å²) in [4.78, 5) is 6.93. The molecule has 1 saturated heterocycles. The molecule has 2 heterocycles. The predicted molar refractivity (Wildman–Crippen MR) is 65.6 cm³/mol. The fourth-order valence-electron chi connectivity index (χ4n) is 2.28. The molecule has 0 amide bonds. The van der Waals surface area contributed by atoms with Gasteiger partial charge in [0, 0.05) is 13.1 Å². The third-order valence-corrected chi connectivity index (χ3v) is 3.90. The van der Waals surface area contributed by atoms with E-state index in [0.29, 0.717) is 0 Å². The van der Waals surface area contributed by atoms with Crippen LogP contribution in [-0.4, -0.2) is 18.1 Å². The topological polar surface area (TPSA) is 16.1 Å². The zero-order valence-electron chi connectivity index (χ0n) is 8.81. The number of rotatable bonds is 1. The summed E-state index contributed by atoms with van der Waals surface area (Å²) >= 11 is 1.72. The highest BCUT2D eigenvalue weighted by molar-refractivity contribution is 7.16. The Hall–Kier alpha value is -1.09. The molecule has 0 aliphatic carbocycles. The van der Waals surface area contributed by atoms with Gasteiger partial charge in [-0.05, 0) is 24.5 Å². The van der Waals surface area contributed by atoms with Crippen LogP contribution in [0.25, 0.3) is 10.2 Å². The van der Waals surface area contributed by atoms with E-state index in [1.54, 1.807) is 11.3 Å². The molecule has 0 radical (unpaired) electrons. The number of para-hydroxylation sites is 1. The first-order valence-electron chi connectivity index (χ1n) is 5.42. The minimum Gasteiger partial charge on any atom is -0.369 e. The predicted octanol–water partition coefficient (Wildman–Crippen LogP) is 3.14. The average molecular weight is 218 g/mol. The second kappa shape index (κ2) is 3.49. The van der Waals surface area contributed by atoms with Crippen LogP contribution in [0.15, 0.2) is 23.7 Å². The van der Waals surface area contributed by atoms with Gasteiger partial charge in [0.2, 0.25) is 0 Å². The molecule has 1 atom stereocenters. The maximum atomic E-state index is 4.47.